The molecule has 110 valence electrons. The maximum absolute atomic E-state index is 11.8. The molecule has 0 fully saturated rings. The molecule has 1 amide bonds. The maximum atomic E-state index is 11.8. The van der Waals surface area contributed by atoms with Crippen LogP contribution in [0.3, 0.4) is 0 Å². The van der Waals surface area contributed by atoms with Crippen LogP contribution in [0.25, 0.3) is 0 Å². The quantitative estimate of drug-likeness (QED) is 0.803. The standard InChI is InChI=1S/C15H18N4OS/c1-11-9-17-19(10-11)8-2-3-14(20)18-13-6-4-12(5-7-13)15(16)21/h4-7,9-10H,2-3,8H2,1H3,(H2,16,21)(H,18,20). The molecule has 0 aliphatic carbocycles. The minimum absolute atomic E-state index is 0.0121. The van der Waals surface area contributed by atoms with Gasteiger partial charge in [0, 0.05) is 30.4 Å². The molecule has 1 heterocycles. The zero-order valence-electron chi connectivity index (χ0n) is 11.9. The van der Waals surface area contributed by atoms with Gasteiger partial charge in [-0.2, -0.15) is 5.10 Å². The molecule has 0 spiro atoms. The minimum Gasteiger partial charge on any atom is -0.389 e. The maximum Gasteiger partial charge on any atom is 0.224 e. The lowest BCUT2D eigenvalue weighted by molar-refractivity contribution is -0.116. The third-order valence-electron chi connectivity index (χ3n) is 3.01. The van der Waals surface area contributed by atoms with Crippen LogP contribution in [0.4, 0.5) is 5.69 Å². The normalized spacial score (nSPS) is 10.3. The van der Waals surface area contributed by atoms with E-state index >= 15 is 0 Å². The second kappa shape index (κ2) is 6.99. The first-order chi connectivity index (χ1) is 10.0. The Morgan fingerprint density at radius 2 is 2.10 bits per heavy atom. The molecule has 21 heavy (non-hydrogen) atoms. The van der Waals surface area contributed by atoms with Crippen LogP contribution in [-0.2, 0) is 11.3 Å². The Bertz CT molecular complexity index is 633. The number of carbonyl (C=O) groups excluding carboxylic acids is 1. The molecular formula is C15H18N4OS. The van der Waals surface area contributed by atoms with Crippen LogP contribution in [0.1, 0.15) is 24.0 Å². The van der Waals surface area contributed by atoms with Crippen LogP contribution in [0, 0.1) is 6.92 Å². The van der Waals surface area contributed by atoms with Crippen LogP contribution in [0.5, 0.6) is 0 Å². The summed E-state index contributed by atoms with van der Waals surface area (Å²) in [6.45, 7) is 2.73. The van der Waals surface area contributed by atoms with Gasteiger partial charge in [0.05, 0.1) is 6.20 Å². The molecule has 0 aliphatic heterocycles. The highest BCUT2D eigenvalue weighted by Gasteiger charge is 2.04. The van der Waals surface area contributed by atoms with Crippen molar-refractivity contribution in [3.05, 3.63) is 47.8 Å². The molecule has 1 aromatic carbocycles. The van der Waals surface area contributed by atoms with Gasteiger partial charge in [-0.1, -0.05) is 12.2 Å². The van der Waals surface area contributed by atoms with Crippen molar-refractivity contribution in [1.82, 2.24) is 9.78 Å². The van der Waals surface area contributed by atoms with Crippen molar-refractivity contribution in [2.45, 2.75) is 26.3 Å². The Hall–Kier alpha value is -2.21. The van der Waals surface area contributed by atoms with Crippen molar-refractivity contribution < 1.29 is 4.79 Å². The molecule has 0 aliphatic rings. The summed E-state index contributed by atoms with van der Waals surface area (Å²) in [6.07, 6.45) is 4.98. The Morgan fingerprint density at radius 3 is 2.67 bits per heavy atom. The lowest BCUT2D eigenvalue weighted by Crippen LogP contribution is -2.13. The number of nitrogens with zero attached hydrogens (tertiary/aromatic N) is 2. The average Bonchev–Trinajstić information content (AvgIpc) is 2.85. The van der Waals surface area contributed by atoms with Crippen molar-refractivity contribution in [1.29, 1.82) is 0 Å². The monoisotopic (exact) mass is 302 g/mol. The fourth-order valence-corrected chi connectivity index (χ4v) is 2.07. The summed E-state index contributed by atoms with van der Waals surface area (Å²) in [6, 6.07) is 7.18. The summed E-state index contributed by atoms with van der Waals surface area (Å²) in [4.78, 5) is 12.2. The van der Waals surface area contributed by atoms with Crippen LogP contribution in [0.2, 0.25) is 0 Å². The first-order valence-corrected chi connectivity index (χ1v) is 7.14. The summed E-state index contributed by atoms with van der Waals surface area (Å²) in [5.41, 5.74) is 8.18. The number of amides is 1. The molecule has 5 nitrogen and oxygen atoms in total. The Kier molecular flexibility index (Phi) is 5.05. The fourth-order valence-electron chi connectivity index (χ4n) is 1.93. The van der Waals surface area contributed by atoms with Gasteiger partial charge >= 0.3 is 0 Å². The average molecular weight is 302 g/mol. The van der Waals surface area contributed by atoms with Crippen molar-refractivity contribution in [3.8, 4) is 0 Å². The van der Waals surface area contributed by atoms with E-state index in [2.05, 4.69) is 10.4 Å². The lowest BCUT2D eigenvalue weighted by atomic mass is 10.2. The first kappa shape index (κ1) is 15.2. The first-order valence-electron chi connectivity index (χ1n) is 6.73. The Morgan fingerprint density at radius 1 is 1.38 bits per heavy atom. The summed E-state index contributed by atoms with van der Waals surface area (Å²) < 4.78 is 1.85. The van der Waals surface area contributed by atoms with Crippen LogP contribution in [0.15, 0.2) is 36.7 Å². The zero-order valence-corrected chi connectivity index (χ0v) is 12.7. The van der Waals surface area contributed by atoms with Gasteiger partial charge in [-0.15, -0.1) is 0 Å². The number of hydrogen-bond acceptors (Lipinski definition) is 3. The summed E-state index contributed by atoms with van der Waals surface area (Å²) in [5.74, 6) is -0.0121. The molecule has 2 rings (SSSR count). The number of nitrogens with one attached hydrogen (secondary N) is 1. The van der Waals surface area contributed by atoms with Gasteiger partial charge in [0.25, 0.3) is 0 Å². The highest BCUT2D eigenvalue weighted by atomic mass is 32.1. The van der Waals surface area contributed by atoms with E-state index in [4.69, 9.17) is 18.0 Å². The van der Waals surface area contributed by atoms with Crippen LogP contribution in [-0.4, -0.2) is 20.7 Å². The molecule has 6 heteroatoms. The molecule has 0 atom stereocenters. The van der Waals surface area contributed by atoms with E-state index in [1.54, 1.807) is 24.3 Å². The number of hydrogen-bond donors (Lipinski definition) is 2. The van der Waals surface area contributed by atoms with E-state index in [1.165, 1.54) is 0 Å². The minimum atomic E-state index is -0.0121. The van der Waals surface area contributed by atoms with E-state index < -0.39 is 0 Å². The number of benzene rings is 1. The topological polar surface area (TPSA) is 72.9 Å². The highest BCUT2D eigenvalue weighted by Crippen LogP contribution is 2.10. The van der Waals surface area contributed by atoms with Crippen LogP contribution < -0.4 is 11.1 Å². The molecule has 0 bridgehead atoms. The van der Waals surface area contributed by atoms with Gasteiger partial charge in [-0.25, -0.2) is 0 Å². The molecule has 0 saturated carbocycles. The molecule has 0 unspecified atom stereocenters. The summed E-state index contributed by atoms with van der Waals surface area (Å²) >= 11 is 4.88. The third kappa shape index (κ3) is 4.68. The third-order valence-corrected chi connectivity index (χ3v) is 3.24. The van der Waals surface area contributed by atoms with Crippen molar-refractivity contribution in [3.63, 3.8) is 0 Å². The molecule has 1 aromatic heterocycles. The number of nitrogens with two attached hydrogens (primary N) is 1. The SMILES string of the molecule is Cc1cnn(CCCC(=O)Nc2ccc(C(N)=S)cc2)c1. The predicted molar refractivity (Wildman–Crippen MR) is 87.2 cm³/mol. The van der Waals surface area contributed by atoms with E-state index in [1.807, 2.05) is 24.0 Å². The van der Waals surface area contributed by atoms with Crippen molar-refractivity contribution in [2.75, 3.05) is 5.32 Å². The zero-order chi connectivity index (χ0) is 15.2. The molecule has 0 saturated heterocycles. The van der Waals surface area contributed by atoms with Crippen molar-refractivity contribution >= 4 is 28.8 Å². The molecular weight excluding hydrogens is 284 g/mol. The smallest absolute Gasteiger partial charge is 0.224 e. The van der Waals surface area contributed by atoms with Gasteiger partial charge < -0.3 is 11.1 Å². The lowest BCUT2D eigenvalue weighted by Gasteiger charge is -2.06. The van der Waals surface area contributed by atoms with E-state index in [-0.39, 0.29) is 5.91 Å². The number of thiocarbonyl (C=S) groups is 1. The Balaban J connectivity index is 1.77. The fraction of sp³-hybridized carbons (Fsp3) is 0.267. The number of carbonyl (C=O) groups is 1. The van der Waals surface area contributed by atoms with Gasteiger partial charge in [0.1, 0.15) is 4.99 Å². The number of anilines is 1. The van der Waals surface area contributed by atoms with Gasteiger partial charge in [0.15, 0.2) is 0 Å². The van der Waals surface area contributed by atoms with Crippen molar-refractivity contribution in [2.24, 2.45) is 5.73 Å². The Labute approximate surface area is 129 Å². The molecule has 0 radical (unpaired) electrons. The molecule has 2 aromatic rings. The van der Waals surface area contributed by atoms with Gasteiger partial charge in [-0.05, 0) is 43.2 Å². The van der Waals surface area contributed by atoms with Crippen LogP contribution >= 0.6 is 12.2 Å². The number of aromatic nitrogens is 2. The largest absolute Gasteiger partial charge is 0.389 e. The highest BCUT2D eigenvalue weighted by molar-refractivity contribution is 7.80. The number of rotatable bonds is 6. The molecule has 3 N–H and O–H groups in total. The second-order valence-electron chi connectivity index (χ2n) is 4.87. The number of aryl methyl sites for hydroxylation is 2. The summed E-state index contributed by atoms with van der Waals surface area (Å²) in [7, 11) is 0. The van der Waals surface area contributed by atoms with E-state index in [0.29, 0.717) is 11.4 Å². The van der Waals surface area contributed by atoms with E-state index in [9.17, 15) is 4.79 Å². The van der Waals surface area contributed by atoms with Gasteiger partial charge in [-0.3, -0.25) is 9.48 Å². The summed E-state index contributed by atoms with van der Waals surface area (Å²) in [5, 5.41) is 7.03. The predicted octanol–water partition coefficient (Wildman–Crippen LogP) is 2.24. The second-order valence-corrected chi connectivity index (χ2v) is 5.31. The van der Waals surface area contributed by atoms with E-state index in [0.717, 1.165) is 29.8 Å². The van der Waals surface area contributed by atoms with Gasteiger partial charge in [0.2, 0.25) is 5.91 Å².